The van der Waals surface area contributed by atoms with E-state index in [2.05, 4.69) is 26.1 Å². The van der Waals surface area contributed by atoms with E-state index in [9.17, 15) is 27.2 Å². The van der Waals surface area contributed by atoms with Crippen molar-refractivity contribution in [3.63, 3.8) is 0 Å². The number of hydrogen-bond donors (Lipinski definition) is 5. The summed E-state index contributed by atoms with van der Waals surface area (Å²) < 4.78 is 58.4. The van der Waals surface area contributed by atoms with Crippen molar-refractivity contribution in [1.82, 2.24) is 10.4 Å². The zero-order chi connectivity index (χ0) is 29.3. The lowest BCUT2D eigenvalue weighted by molar-refractivity contribution is -0.120. The molecule has 14 heteroatoms. The van der Waals surface area contributed by atoms with Crippen LogP contribution in [0.25, 0.3) is 5.57 Å². The molecule has 0 saturated carbocycles. The molecule has 0 atom stereocenters. The van der Waals surface area contributed by atoms with Gasteiger partial charge in [0.25, 0.3) is 5.91 Å². The summed E-state index contributed by atoms with van der Waals surface area (Å²) >= 11 is 0. The lowest BCUT2D eigenvalue weighted by Gasteiger charge is -2.17. The first kappa shape index (κ1) is 29.4. The van der Waals surface area contributed by atoms with Crippen LogP contribution in [0, 0.1) is 5.82 Å². The number of primary amides is 1. The van der Waals surface area contributed by atoms with Crippen LogP contribution < -0.4 is 32.4 Å². The molecule has 0 fully saturated rings. The van der Waals surface area contributed by atoms with Crippen molar-refractivity contribution >= 4 is 35.0 Å². The molecule has 1 aromatic heterocycles. The number of nitrogens with zero attached hydrogens (tertiary/aromatic N) is 2. The quantitative estimate of drug-likeness (QED) is 0.136. The fourth-order valence-electron chi connectivity index (χ4n) is 3.40. The minimum Gasteiger partial charge on any atom is -0.435 e. The number of carbonyl (C=O) groups is 2. The maximum absolute atomic E-state index is 14.7. The normalized spacial score (nSPS) is 11.8. The molecule has 0 radical (unpaired) electrons. The standard InChI is InChI=1S/C26H25F4N7O3/c1-33-13-17(12-31)16-5-6-20(35-14-26(28,29)30)21(11-16)36-37-23(38)10-15-4-7-22(19(27)9-15)40-25-18(24(32)39)3-2-8-34-25/h2-9,11-13,35-36H,10,14,31H2,1H3,(H2,32,39)(H,37,38). The van der Waals surface area contributed by atoms with Gasteiger partial charge >= 0.3 is 6.18 Å². The van der Waals surface area contributed by atoms with E-state index >= 15 is 0 Å². The second-order valence-electron chi connectivity index (χ2n) is 8.18. The molecule has 0 aliphatic heterocycles. The first-order chi connectivity index (χ1) is 19.0. The van der Waals surface area contributed by atoms with Crippen LogP contribution >= 0.6 is 0 Å². The van der Waals surface area contributed by atoms with Gasteiger partial charge in [0, 0.05) is 31.2 Å². The number of alkyl halides is 3. The summed E-state index contributed by atoms with van der Waals surface area (Å²) in [6, 6.07) is 11.0. The Morgan fingerprint density at radius 2 is 1.90 bits per heavy atom. The molecular formula is C26H25F4N7O3. The minimum atomic E-state index is -4.48. The van der Waals surface area contributed by atoms with Crippen LogP contribution in [-0.4, -0.2) is 42.8 Å². The average molecular weight is 560 g/mol. The summed E-state index contributed by atoms with van der Waals surface area (Å²) in [4.78, 5) is 31.8. The first-order valence-corrected chi connectivity index (χ1v) is 11.6. The molecule has 0 aliphatic rings. The van der Waals surface area contributed by atoms with E-state index in [0.29, 0.717) is 11.1 Å². The number of halogens is 4. The predicted octanol–water partition coefficient (Wildman–Crippen LogP) is 3.77. The van der Waals surface area contributed by atoms with Gasteiger partial charge in [-0.25, -0.2) is 9.37 Å². The number of aliphatic imine (C=N–C) groups is 1. The summed E-state index contributed by atoms with van der Waals surface area (Å²) in [5.74, 6) is -2.69. The summed E-state index contributed by atoms with van der Waals surface area (Å²) in [5.41, 5.74) is 17.3. The molecule has 10 nitrogen and oxygen atoms in total. The molecular weight excluding hydrogens is 534 g/mol. The minimum absolute atomic E-state index is 0.0411. The van der Waals surface area contributed by atoms with E-state index < -0.39 is 30.4 Å². The van der Waals surface area contributed by atoms with Gasteiger partial charge in [0.15, 0.2) is 11.6 Å². The van der Waals surface area contributed by atoms with E-state index in [4.69, 9.17) is 16.2 Å². The molecule has 0 aliphatic carbocycles. The molecule has 1 heterocycles. The van der Waals surface area contributed by atoms with Gasteiger partial charge in [-0.2, -0.15) is 13.2 Å². The van der Waals surface area contributed by atoms with Gasteiger partial charge < -0.3 is 21.5 Å². The van der Waals surface area contributed by atoms with Crippen molar-refractivity contribution in [2.45, 2.75) is 12.6 Å². The Balaban J connectivity index is 1.72. The number of hydrazine groups is 1. The van der Waals surface area contributed by atoms with Gasteiger partial charge in [-0.15, -0.1) is 0 Å². The highest BCUT2D eigenvalue weighted by molar-refractivity contribution is 6.10. The number of nitrogens with one attached hydrogen (secondary N) is 3. The van der Waals surface area contributed by atoms with Crippen LogP contribution in [0.2, 0.25) is 0 Å². The monoisotopic (exact) mass is 559 g/mol. The molecule has 0 unspecified atom stereocenters. The van der Waals surface area contributed by atoms with E-state index in [1.54, 1.807) is 0 Å². The zero-order valence-electron chi connectivity index (χ0n) is 21.1. The van der Waals surface area contributed by atoms with Crippen molar-refractivity contribution in [3.05, 3.63) is 83.4 Å². The summed E-state index contributed by atoms with van der Waals surface area (Å²) in [5, 5.41) is 2.27. The molecule has 3 aromatic rings. The third kappa shape index (κ3) is 8.18. The zero-order valence-corrected chi connectivity index (χ0v) is 21.1. The summed E-state index contributed by atoms with van der Waals surface area (Å²) in [6.07, 6.45) is -0.686. The number of nitrogens with two attached hydrogens (primary N) is 2. The van der Waals surface area contributed by atoms with Gasteiger partial charge in [0.1, 0.15) is 12.1 Å². The predicted molar refractivity (Wildman–Crippen MR) is 142 cm³/mol. The fraction of sp³-hybridized carbons (Fsp3) is 0.154. The number of hydrogen-bond acceptors (Lipinski definition) is 8. The Hall–Kier alpha value is -5.14. The van der Waals surface area contributed by atoms with Crippen molar-refractivity contribution in [2.75, 3.05) is 24.3 Å². The Bertz CT molecular complexity index is 1440. The Kier molecular flexibility index (Phi) is 9.62. The van der Waals surface area contributed by atoms with E-state index in [1.165, 1.54) is 68.1 Å². The van der Waals surface area contributed by atoms with Crippen LogP contribution in [0.5, 0.6) is 11.6 Å². The lowest BCUT2D eigenvalue weighted by atomic mass is 10.1. The number of pyridine rings is 1. The third-order valence-corrected chi connectivity index (χ3v) is 5.22. The highest BCUT2D eigenvalue weighted by Gasteiger charge is 2.27. The van der Waals surface area contributed by atoms with Crippen LogP contribution in [0.1, 0.15) is 21.5 Å². The van der Waals surface area contributed by atoms with E-state index in [-0.39, 0.29) is 40.6 Å². The van der Waals surface area contributed by atoms with Gasteiger partial charge in [0.05, 0.1) is 17.8 Å². The summed E-state index contributed by atoms with van der Waals surface area (Å²) in [6.45, 7) is -1.31. The number of carbonyl (C=O) groups excluding carboxylic acids is 2. The van der Waals surface area contributed by atoms with Crippen molar-refractivity contribution in [2.24, 2.45) is 16.5 Å². The van der Waals surface area contributed by atoms with Crippen LogP contribution in [-0.2, 0) is 11.2 Å². The van der Waals surface area contributed by atoms with Crippen molar-refractivity contribution < 1.29 is 31.9 Å². The van der Waals surface area contributed by atoms with Crippen molar-refractivity contribution in [1.29, 1.82) is 0 Å². The third-order valence-electron chi connectivity index (χ3n) is 5.22. The number of rotatable bonds is 11. The molecule has 2 amide bonds. The van der Waals surface area contributed by atoms with Gasteiger partial charge in [0.2, 0.25) is 11.8 Å². The van der Waals surface area contributed by atoms with Gasteiger partial charge in [-0.05, 0) is 47.5 Å². The molecule has 0 saturated heterocycles. The maximum Gasteiger partial charge on any atom is 0.405 e. The number of anilines is 2. The fourth-order valence-corrected chi connectivity index (χ4v) is 3.40. The summed E-state index contributed by atoms with van der Waals surface area (Å²) in [7, 11) is 1.53. The SMILES string of the molecule is CN=CC(=CN)c1ccc(NCC(F)(F)F)c(NNC(=O)Cc2ccc(Oc3ncccc3C(N)=O)c(F)c2)c1. The van der Waals surface area contributed by atoms with Gasteiger partial charge in [-0.1, -0.05) is 12.1 Å². The van der Waals surface area contributed by atoms with Crippen LogP contribution in [0.15, 0.2) is 65.9 Å². The molecule has 2 aromatic carbocycles. The number of ether oxygens (including phenoxy) is 1. The average Bonchev–Trinajstić information content (AvgIpc) is 2.91. The lowest BCUT2D eigenvalue weighted by Crippen LogP contribution is -2.31. The first-order valence-electron chi connectivity index (χ1n) is 11.6. The highest BCUT2D eigenvalue weighted by Crippen LogP contribution is 2.28. The number of benzene rings is 2. The molecule has 0 spiro atoms. The molecule has 3 rings (SSSR count). The van der Waals surface area contributed by atoms with Crippen LogP contribution in [0.3, 0.4) is 0 Å². The Morgan fingerprint density at radius 3 is 2.55 bits per heavy atom. The van der Waals surface area contributed by atoms with E-state index in [1.807, 2.05) is 0 Å². The second kappa shape index (κ2) is 13.1. The number of allylic oxidation sites excluding steroid dienone is 1. The largest absolute Gasteiger partial charge is 0.435 e. The van der Waals surface area contributed by atoms with Gasteiger partial charge in [-0.3, -0.25) is 25.4 Å². The second-order valence-corrected chi connectivity index (χ2v) is 8.18. The van der Waals surface area contributed by atoms with Crippen LogP contribution in [0.4, 0.5) is 28.9 Å². The topological polar surface area (TPSA) is 157 Å². The Morgan fingerprint density at radius 1 is 1.12 bits per heavy atom. The smallest absolute Gasteiger partial charge is 0.405 e. The molecule has 7 N–H and O–H groups in total. The van der Waals surface area contributed by atoms with E-state index in [0.717, 1.165) is 6.07 Å². The molecule has 40 heavy (non-hydrogen) atoms. The maximum atomic E-state index is 14.7. The Labute approximate surface area is 226 Å². The number of aromatic nitrogens is 1. The highest BCUT2D eigenvalue weighted by atomic mass is 19.4. The number of amides is 2. The van der Waals surface area contributed by atoms with Crippen molar-refractivity contribution in [3.8, 4) is 11.6 Å². The molecule has 0 bridgehead atoms. The molecule has 210 valence electrons.